The molecule has 1 aromatic rings. The minimum atomic E-state index is -0.203. The molecule has 1 aliphatic rings. The Labute approximate surface area is 132 Å². The van der Waals surface area contributed by atoms with Crippen molar-refractivity contribution in [2.24, 2.45) is 4.99 Å². The molecule has 2 N–H and O–H groups in total. The van der Waals surface area contributed by atoms with E-state index in [1.807, 2.05) is 6.07 Å². The molecule has 0 spiro atoms. The molecule has 0 atom stereocenters. The number of hydrogen-bond donors (Lipinski definition) is 2. The van der Waals surface area contributed by atoms with E-state index < -0.39 is 0 Å². The Bertz CT molecular complexity index is 481. The molecule has 0 unspecified atom stereocenters. The summed E-state index contributed by atoms with van der Waals surface area (Å²) < 4.78 is 13.2. The third-order valence-electron chi connectivity index (χ3n) is 4.04. The van der Waals surface area contributed by atoms with Gasteiger partial charge in [-0.25, -0.2) is 4.39 Å². The van der Waals surface area contributed by atoms with E-state index in [1.54, 1.807) is 19.2 Å². The second-order valence-corrected chi connectivity index (χ2v) is 5.82. The molecule has 0 aromatic heterocycles. The minimum absolute atomic E-state index is 0.203. The van der Waals surface area contributed by atoms with Crippen molar-refractivity contribution in [3.05, 3.63) is 35.6 Å². The monoisotopic (exact) mass is 306 g/mol. The maximum absolute atomic E-state index is 13.2. The van der Waals surface area contributed by atoms with Crippen molar-refractivity contribution in [2.45, 2.75) is 38.8 Å². The highest BCUT2D eigenvalue weighted by atomic mass is 19.1. The zero-order valence-corrected chi connectivity index (χ0v) is 13.6. The number of aliphatic imine (C=N–C) groups is 1. The van der Waals surface area contributed by atoms with Gasteiger partial charge in [0.05, 0.1) is 0 Å². The maximum atomic E-state index is 13.2. The van der Waals surface area contributed by atoms with Crippen LogP contribution < -0.4 is 10.6 Å². The van der Waals surface area contributed by atoms with Gasteiger partial charge < -0.3 is 15.5 Å². The van der Waals surface area contributed by atoms with Crippen LogP contribution in [-0.4, -0.2) is 43.6 Å². The topological polar surface area (TPSA) is 39.7 Å². The number of rotatable bonds is 5. The molecule has 0 radical (unpaired) electrons. The zero-order valence-electron chi connectivity index (χ0n) is 13.6. The summed E-state index contributed by atoms with van der Waals surface area (Å²) in [7, 11) is 1.77. The standard InChI is InChI=1S/C17H27FN4/c1-3-9-22-10-7-16(8-11-22)21-17(19-2)20-13-14-5-4-6-15(18)12-14/h4-6,12,16H,3,7-11,13H2,1-2H3,(H2,19,20,21). The van der Waals surface area contributed by atoms with Gasteiger partial charge in [-0.1, -0.05) is 19.1 Å². The second-order valence-electron chi connectivity index (χ2n) is 5.82. The summed E-state index contributed by atoms with van der Waals surface area (Å²) in [5.41, 5.74) is 0.917. The minimum Gasteiger partial charge on any atom is -0.354 e. The normalized spacial score (nSPS) is 17.5. The number of benzene rings is 1. The molecule has 1 aliphatic heterocycles. The van der Waals surface area contributed by atoms with Crippen molar-refractivity contribution in [2.75, 3.05) is 26.7 Å². The predicted octanol–water partition coefficient (Wildman–Crippen LogP) is 2.37. The van der Waals surface area contributed by atoms with Gasteiger partial charge in [-0.15, -0.1) is 0 Å². The van der Waals surface area contributed by atoms with Gasteiger partial charge in [0.1, 0.15) is 5.82 Å². The molecule has 1 heterocycles. The van der Waals surface area contributed by atoms with Crippen LogP contribution in [0.15, 0.2) is 29.3 Å². The lowest BCUT2D eigenvalue weighted by Gasteiger charge is -2.32. The quantitative estimate of drug-likeness (QED) is 0.648. The number of likely N-dealkylation sites (tertiary alicyclic amines) is 1. The molecule has 0 bridgehead atoms. The lowest BCUT2D eigenvalue weighted by Crippen LogP contribution is -2.48. The molecule has 4 nitrogen and oxygen atoms in total. The van der Waals surface area contributed by atoms with E-state index in [1.165, 1.54) is 19.0 Å². The summed E-state index contributed by atoms with van der Waals surface area (Å²) in [6, 6.07) is 7.11. The van der Waals surface area contributed by atoms with Gasteiger partial charge in [-0.3, -0.25) is 4.99 Å². The van der Waals surface area contributed by atoms with Crippen LogP contribution in [0.4, 0.5) is 4.39 Å². The van der Waals surface area contributed by atoms with Crippen LogP contribution in [0, 0.1) is 5.82 Å². The molecular formula is C17H27FN4. The number of nitrogens with one attached hydrogen (secondary N) is 2. The van der Waals surface area contributed by atoms with E-state index in [9.17, 15) is 4.39 Å². The maximum Gasteiger partial charge on any atom is 0.191 e. The summed E-state index contributed by atoms with van der Waals surface area (Å²) in [4.78, 5) is 6.78. The fourth-order valence-electron chi connectivity index (χ4n) is 2.84. The Kier molecular flexibility index (Phi) is 6.65. The fraction of sp³-hybridized carbons (Fsp3) is 0.588. The van der Waals surface area contributed by atoms with Crippen molar-refractivity contribution in [1.82, 2.24) is 15.5 Å². The van der Waals surface area contributed by atoms with Crippen LogP contribution >= 0.6 is 0 Å². The van der Waals surface area contributed by atoms with Crippen molar-refractivity contribution in [3.63, 3.8) is 0 Å². The molecule has 2 rings (SSSR count). The van der Waals surface area contributed by atoms with E-state index in [0.717, 1.165) is 37.5 Å². The van der Waals surface area contributed by atoms with Crippen LogP contribution in [0.25, 0.3) is 0 Å². The first kappa shape index (κ1) is 16.7. The van der Waals surface area contributed by atoms with Crippen molar-refractivity contribution < 1.29 is 4.39 Å². The first-order valence-electron chi connectivity index (χ1n) is 8.15. The molecule has 1 aromatic carbocycles. The first-order chi connectivity index (χ1) is 10.7. The van der Waals surface area contributed by atoms with Gasteiger partial charge in [-0.2, -0.15) is 0 Å². The van der Waals surface area contributed by atoms with E-state index >= 15 is 0 Å². The molecule has 0 amide bonds. The lowest BCUT2D eigenvalue weighted by molar-refractivity contribution is 0.206. The predicted molar refractivity (Wildman–Crippen MR) is 89.5 cm³/mol. The summed E-state index contributed by atoms with van der Waals surface area (Å²) in [6.45, 7) is 6.28. The van der Waals surface area contributed by atoms with Crippen molar-refractivity contribution >= 4 is 5.96 Å². The molecule has 1 saturated heterocycles. The molecule has 22 heavy (non-hydrogen) atoms. The Morgan fingerprint density at radius 1 is 1.36 bits per heavy atom. The fourth-order valence-corrected chi connectivity index (χ4v) is 2.84. The average molecular weight is 306 g/mol. The summed E-state index contributed by atoms with van der Waals surface area (Å²) in [5, 5.41) is 6.73. The summed E-state index contributed by atoms with van der Waals surface area (Å²) in [5.74, 6) is 0.587. The molecule has 0 saturated carbocycles. The number of halogens is 1. The number of nitrogens with zero attached hydrogens (tertiary/aromatic N) is 2. The van der Waals surface area contributed by atoms with E-state index in [-0.39, 0.29) is 5.82 Å². The molecule has 122 valence electrons. The second kappa shape index (κ2) is 8.73. The lowest BCUT2D eigenvalue weighted by atomic mass is 10.1. The van der Waals surface area contributed by atoms with E-state index in [4.69, 9.17) is 0 Å². The number of guanidine groups is 1. The number of piperidine rings is 1. The third-order valence-corrected chi connectivity index (χ3v) is 4.04. The largest absolute Gasteiger partial charge is 0.354 e. The van der Waals surface area contributed by atoms with Crippen LogP contribution in [0.1, 0.15) is 31.7 Å². The molecule has 0 aliphatic carbocycles. The average Bonchev–Trinajstić information content (AvgIpc) is 2.53. The van der Waals surface area contributed by atoms with Gasteiger partial charge in [-0.05, 0) is 43.5 Å². The highest BCUT2D eigenvalue weighted by Crippen LogP contribution is 2.10. The van der Waals surface area contributed by atoms with Crippen LogP contribution in [0.2, 0.25) is 0 Å². The van der Waals surface area contributed by atoms with Crippen LogP contribution in [0.3, 0.4) is 0 Å². The molecular weight excluding hydrogens is 279 g/mol. The Morgan fingerprint density at radius 3 is 2.77 bits per heavy atom. The highest BCUT2D eigenvalue weighted by Gasteiger charge is 2.19. The Morgan fingerprint density at radius 2 is 2.14 bits per heavy atom. The summed E-state index contributed by atoms with van der Waals surface area (Å²) >= 11 is 0. The van der Waals surface area contributed by atoms with E-state index in [2.05, 4.69) is 27.4 Å². The zero-order chi connectivity index (χ0) is 15.8. The van der Waals surface area contributed by atoms with Gasteiger partial charge >= 0.3 is 0 Å². The first-order valence-corrected chi connectivity index (χ1v) is 8.15. The molecule has 5 heteroatoms. The van der Waals surface area contributed by atoms with Gasteiger partial charge in [0.15, 0.2) is 5.96 Å². The smallest absolute Gasteiger partial charge is 0.191 e. The summed E-state index contributed by atoms with van der Waals surface area (Å²) in [6.07, 6.45) is 3.50. The third kappa shape index (κ3) is 5.30. The SMILES string of the molecule is CCCN1CCC(NC(=NC)NCc2cccc(F)c2)CC1. The van der Waals surface area contributed by atoms with Crippen LogP contribution in [0.5, 0.6) is 0 Å². The Hall–Kier alpha value is -1.62. The van der Waals surface area contributed by atoms with Gasteiger partial charge in [0.25, 0.3) is 0 Å². The Balaban J connectivity index is 1.76. The van der Waals surface area contributed by atoms with Gasteiger partial charge in [0, 0.05) is 32.7 Å². The van der Waals surface area contributed by atoms with Gasteiger partial charge in [0.2, 0.25) is 0 Å². The molecule has 1 fully saturated rings. The van der Waals surface area contributed by atoms with Crippen molar-refractivity contribution in [1.29, 1.82) is 0 Å². The van der Waals surface area contributed by atoms with Crippen LogP contribution in [-0.2, 0) is 6.54 Å². The highest BCUT2D eigenvalue weighted by molar-refractivity contribution is 5.79. The number of hydrogen-bond acceptors (Lipinski definition) is 2. The van der Waals surface area contributed by atoms with Crippen molar-refractivity contribution in [3.8, 4) is 0 Å². The van der Waals surface area contributed by atoms with E-state index in [0.29, 0.717) is 12.6 Å².